The maximum absolute atomic E-state index is 6.32. The molecule has 1 aromatic heterocycles. The van der Waals surface area contributed by atoms with E-state index in [0.29, 0.717) is 6.04 Å². The minimum Gasteiger partial charge on any atom is -0.373 e. The summed E-state index contributed by atoms with van der Waals surface area (Å²) < 4.78 is 6.32. The van der Waals surface area contributed by atoms with Gasteiger partial charge in [0.15, 0.2) is 0 Å². The predicted molar refractivity (Wildman–Crippen MR) is 82.9 cm³/mol. The maximum Gasteiger partial charge on any atom is 0.0876 e. The molecule has 0 spiro atoms. The first-order valence-corrected chi connectivity index (χ1v) is 8.46. The third kappa shape index (κ3) is 3.21. The van der Waals surface area contributed by atoms with Gasteiger partial charge in [0.2, 0.25) is 0 Å². The first-order valence-electron chi connectivity index (χ1n) is 7.58. The number of nitrogens with one attached hydrogen (secondary N) is 1. The van der Waals surface area contributed by atoms with Crippen LogP contribution in [0.15, 0.2) is 11.4 Å². The van der Waals surface area contributed by atoms with Gasteiger partial charge in [-0.05, 0) is 50.7 Å². The summed E-state index contributed by atoms with van der Waals surface area (Å²) in [5, 5.41) is 5.75. The molecular formula is C16H27NOS. The highest BCUT2D eigenvalue weighted by Crippen LogP contribution is 2.42. The Morgan fingerprint density at radius 2 is 2.00 bits per heavy atom. The van der Waals surface area contributed by atoms with Gasteiger partial charge in [-0.1, -0.05) is 25.7 Å². The molecule has 1 fully saturated rings. The lowest BCUT2D eigenvalue weighted by molar-refractivity contribution is -0.0767. The second-order valence-corrected chi connectivity index (χ2v) is 6.69. The van der Waals surface area contributed by atoms with E-state index in [4.69, 9.17) is 4.74 Å². The number of ether oxygens (including phenoxy) is 1. The van der Waals surface area contributed by atoms with Crippen molar-refractivity contribution >= 4 is 11.3 Å². The molecular weight excluding hydrogens is 254 g/mol. The molecule has 0 aromatic carbocycles. The van der Waals surface area contributed by atoms with Gasteiger partial charge >= 0.3 is 0 Å². The van der Waals surface area contributed by atoms with E-state index in [9.17, 15) is 0 Å². The molecule has 1 unspecified atom stereocenters. The third-order valence-electron chi connectivity index (χ3n) is 4.41. The molecule has 3 heteroatoms. The summed E-state index contributed by atoms with van der Waals surface area (Å²) in [6, 6.07) is 2.60. The second-order valence-electron chi connectivity index (χ2n) is 5.57. The summed E-state index contributed by atoms with van der Waals surface area (Å²) in [5.74, 6) is 0. The Kier molecular flexibility index (Phi) is 5.43. The van der Waals surface area contributed by atoms with Gasteiger partial charge in [-0.15, -0.1) is 11.3 Å². The molecule has 19 heavy (non-hydrogen) atoms. The average molecular weight is 281 g/mol. The molecule has 0 aliphatic heterocycles. The zero-order valence-corrected chi connectivity index (χ0v) is 13.3. The highest BCUT2D eigenvalue weighted by molar-refractivity contribution is 7.10. The van der Waals surface area contributed by atoms with Crippen LogP contribution >= 0.6 is 11.3 Å². The molecule has 1 aliphatic rings. The van der Waals surface area contributed by atoms with E-state index in [2.05, 4.69) is 37.7 Å². The molecule has 0 amide bonds. The molecule has 0 bridgehead atoms. The highest BCUT2D eigenvalue weighted by Gasteiger charge is 2.40. The van der Waals surface area contributed by atoms with Gasteiger partial charge in [0.25, 0.3) is 0 Å². The summed E-state index contributed by atoms with van der Waals surface area (Å²) in [7, 11) is 2.08. The van der Waals surface area contributed by atoms with Crippen LogP contribution in [0, 0.1) is 6.92 Å². The summed E-state index contributed by atoms with van der Waals surface area (Å²) >= 11 is 1.84. The van der Waals surface area contributed by atoms with Crippen molar-refractivity contribution in [3.8, 4) is 0 Å². The molecule has 2 nitrogen and oxygen atoms in total. The van der Waals surface area contributed by atoms with Gasteiger partial charge in [-0.3, -0.25) is 0 Å². The molecule has 1 atom stereocenters. The average Bonchev–Trinajstić information content (AvgIpc) is 2.68. The molecule has 1 saturated carbocycles. The van der Waals surface area contributed by atoms with Crippen LogP contribution in [-0.2, 0) is 4.74 Å². The van der Waals surface area contributed by atoms with Crippen molar-refractivity contribution in [2.75, 3.05) is 13.7 Å². The van der Waals surface area contributed by atoms with Crippen LogP contribution in [0.4, 0.5) is 0 Å². The third-order valence-corrected chi connectivity index (χ3v) is 5.27. The van der Waals surface area contributed by atoms with E-state index < -0.39 is 0 Å². The topological polar surface area (TPSA) is 21.3 Å². The summed E-state index contributed by atoms with van der Waals surface area (Å²) in [6.07, 6.45) is 7.66. The number of hydrogen-bond donors (Lipinski definition) is 1. The lowest BCUT2D eigenvalue weighted by atomic mass is 9.82. The largest absolute Gasteiger partial charge is 0.373 e. The highest BCUT2D eigenvalue weighted by atomic mass is 32.1. The fourth-order valence-electron chi connectivity index (χ4n) is 3.53. The normalized spacial score (nSPS) is 21.0. The molecule has 1 heterocycles. The van der Waals surface area contributed by atoms with Crippen molar-refractivity contribution in [2.24, 2.45) is 0 Å². The Labute approximate surface area is 121 Å². The van der Waals surface area contributed by atoms with Gasteiger partial charge in [-0.25, -0.2) is 0 Å². The zero-order chi connectivity index (χ0) is 13.7. The quantitative estimate of drug-likeness (QED) is 0.805. The zero-order valence-electron chi connectivity index (χ0n) is 12.5. The number of likely N-dealkylation sites (N-methyl/N-ethyl adjacent to an activating group) is 1. The van der Waals surface area contributed by atoms with E-state index in [0.717, 1.165) is 6.61 Å². The van der Waals surface area contributed by atoms with Crippen molar-refractivity contribution in [3.63, 3.8) is 0 Å². The standard InChI is InChI=1S/C16H27NOS/c1-4-18-16(10-7-5-6-8-11-16)15(17-3)14-9-12-19-13(14)2/h9,12,15,17H,4-8,10-11H2,1-3H3. The Morgan fingerprint density at radius 1 is 1.32 bits per heavy atom. The molecule has 2 rings (SSSR count). The van der Waals surface area contributed by atoms with Crippen LogP contribution in [0.1, 0.15) is 61.9 Å². The Balaban J connectivity index is 2.31. The van der Waals surface area contributed by atoms with Gasteiger partial charge in [0, 0.05) is 11.5 Å². The molecule has 1 aliphatic carbocycles. The Bertz CT molecular complexity index is 380. The summed E-state index contributed by atoms with van der Waals surface area (Å²) in [6.45, 7) is 5.15. The predicted octanol–water partition coefficient (Wildman–Crippen LogP) is 4.45. The number of rotatable bonds is 5. The van der Waals surface area contributed by atoms with Crippen molar-refractivity contribution < 1.29 is 4.74 Å². The van der Waals surface area contributed by atoms with E-state index in [1.54, 1.807) is 0 Å². The fourth-order valence-corrected chi connectivity index (χ4v) is 4.27. The first-order chi connectivity index (χ1) is 9.23. The van der Waals surface area contributed by atoms with E-state index in [1.165, 1.54) is 49.0 Å². The van der Waals surface area contributed by atoms with Crippen LogP contribution in [0.25, 0.3) is 0 Å². The smallest absolute Gasteiger partial charge is 0.0876 e. The number of thiophene rings is 1. The lowest BCUT2D eigenvalue weighted by Gasteiger charge is -2.40. The van der Waals surface area contributed by atoms with Gasteiger partial charge in [0.05, 0.1) is 11.6 Å². The first kappa shape index (κ1) is 15.0. The molecule has 0 radical (unpaired) electrons. The minimum absolute atomic E-state index is 0.00810. The van der Waals surface area contributed by atoms with Crippen LogP contribution in [0.5, 0.6) is 0 Å². The monoisotopic (exact) mass is 281 g/mol. The minimum atomic E-state index is -0.00810. The van der Waals surface area contributed by atoms with Crippen LogP contribution in [0.3, 0.4) is 0 Å². The van der Waals surface area contributed by atoms with Gasteiger partial charge in [0.1, 0.15) is 0 Å². The molecule has 108 valence electrons. The number of aryl methyl sites for hydroxylation is 1. The van der Waals surface area contributed by atoms with Gasteiger partial charge < -0.3 is 10.1 Å². The van der Waals surface area contributed by atoms with Crippen molar-refractivity contribution in [2.45, 2.75) is 64.0 Å². The van der Waals surface area contributed by atoms with Crippen molar-refractivity contribution in [3.05, 3.63) is 21.9 Å². The van der Waals surface area contributed by atoms with E-state index >= 15 is 0 Å². The molecule has 1 aromatic rings. The fraction of sp³-hybridized carbons (Fsp3) is 0.750. The SMILES string of the molecule is CCOC1(C(NC)c2ccsc2C)CCCCCC1. The lowest BCUT2D eigenvalue weighted by Crippen LogP contribution is -2.45. The summed E-state index contributed by atoms with van der Waals surface area (Å²) in [4.78, 5) is 1.42. The summed E-state index contributed by atoms with van der Waals surface area (Å²) in [5.41, 5.74) is 1.43. The van der Waals surface area contributed by atoms with E-state index in [-0.39, 0.29) is 5.60 Å². The van der Waals surface area contributed by atoms with E-state index in [1.807, 2.05) is 11.3 Å². The van der Waals surface area contributed by atoms with Crippen LogP contribution in [-0.4, -0.2) is 19.3 Å². The second kappa shape index (κ2) is 6.87. The maximum atomic E-state index is 6.32. The molecule has 0 saturated heterocycles. The van der Waals surface area contributed by atoms with Crippen LogP contribution < -0.4 is 5.32 Å². The van der Waals surface area contributed by atoms with Gasteiger partial charge in [-0.2, -0.15) is 0 Å². The number of hydrogen-bond acceptors (Lipinski definition) is 3. The van der Waals surface area contributed by atoms with Crippen molar-refractivity contribution in [1.29, 1.82) is 0 Å². The molecule has 1 N–H and O–H groups in total. The van der Waals surface area contributed by atoms with Crippen molar-refractivity contribution in [1.82, 2.24) is 5.32 Å². The Hall–Kier alpha value is -0.380. The Morgan fingerprint density at radius 3 is 2.47 bits per heavy atom. The van der Waals surface area contributed by atoms with Crippen LogP contribution in [0.2, 0.25) is 0 Å².